The Labute approximate surface area is 151 Å². The van der Waals surface area contributed by atoms with Crippen LogP contribution in [0.5, 0.6) is 5.75 Å². The summed E-state index contributed by atoms with van der Waals surface area (Å²) in [6.45, 7) is 6.61. The molecule has 3 heterocycles. The van der Waals surface area contributed by atoms with Crippen LogP contribution in [-0.4, -0.2) is 16.5 Å². The molecule has 0 saturated heterocycles. The van der Waals surface area contributed by atoms with E-state index in [9.17, 15) is 0 Å². The van der Waals surface area contributed by atoms with Crippen molar-refractivity contribution >= 4 is 27.1 Å². The number of aromatic nitrogens is 2. The third-order valence-corrected chi connectivity index (χ3v) is 5.74. The molecule has 128 valence electrons. The Balaban J connectivity index is 1.91. The summed E-state index contributed by atoms with van der Waals surface area (Å²) in [5.74, 6) is 1.24. The van der Waals surface area contributed by atoms with E-state index in [1.165, 1.54) is 32.6 Å². The summed E-state index contributed by atoms with van der Waals surface area (Å²) in [5.41, 5.74) is 6.12. The number of imidazole rings is 1. The van der Waals surface area contributed by atoms with Gasteiger partial charge in [0.25, 0.3) is 0 Å². The number of methoxy groups -OCH3 is 1. The van der Waals surface area contributed by atoms with Crippen LogP contribution in [0.1, 0.15) is 42.3 Å². The minimum atomic E-state index is 0.381. The number of benzene rings is 1. The van der Waals surface area contributed by atoms with Gasteiger partial charge in [-0.3, -0.25) is 4.40 Å². The van der Waals surface area contributed by atoms with E-state index in [0.29, 0.717) is 5.92 Å². The number of ether oxygens (including phenoxy) is 1. The molecule has 0 atom stereocenters. The second-order valence-electron chi connectivity index (χ2n) is 6.78. The van der Waals surface area contributed by atoms with Crippen LogP contribution in [0.3, 0.4) is 0 Å². The van der Waals surface area contributed by atoms with E-state index in [-0.39, 0.29) is 0 Å². The van der Waals surface area contributed by atoms with E-state index in [0.717, 1.165) is 17.8 Å². The molecule has 0 aliphatic heterocycles. The number of fused-ring (bicyclic) bond motifs is 2. The molecule has 0 bridgehead atoms. The Morgan fingerprint density at radius 3 is 2.80 bits per heavy atom. The number of hydrogen-bond acceptors (Lipinski definition) is 3. The molecule has 0 amide bonds. The van der Waals surface area contributed by atoms with Crippen molar-refractivity contribution in [3.63, 3.8) is 0 Å². The first-order chi connectivity index (χ1) is 12.1. The van der Waals surface area contributed by atoms with E-state index in [2.05, 4.69) is 48.8 Å². The van der Waals surface area contributed by atoms with Gasteiger partial charge < -0.3 is 4.74 Å². The number of nitrogens with zero attached hydrogens (tertiary/aromatic N) is 2. The molecular formula is C21H22N2OS. The highest BCUT2D eigenvalue weighted by atomic mass is 32.1. The summed E-state index contributed by atoms with van der Waals surface area (Å²) in [6.07, 6.45) is 2.93. The molecular weight excluding hydrogens is 328 g/mol. The minimum absolute atomic E-state index is 0.381. The lowest BCUT2D eigenvalue weighted by Gasteiger charge is -2.09. The number of aryl methyl sites for hydroxylation is 1. The zero-order chi connectivity index (χ0) is 17.6. The van der Waals surface area contributed by atoms with E-state index >= 15 is 0 Å². The van der Waals surface area contributed by atoms with Crippen molar-refractivity contribution in [2.24, 2.45) is 0 Å². The van der Waals surface area contributed by atoms with Crippen LogP contribution in [0, 0.1) is 6.92 Å². The van der Waals surface area contributed by atoms with E-state index in [4.69, 9.17) is 9.72 Å². The fourth-order valence-corrected chi connectivity index (χ4v) is 4.54. The molecule has 4 aromatic rings. The summed E-state index contributed by atoms with van der Waals surface area (Å²) in [5, 5.41) is 3.68. The standard InChI is InChI=1S/C21H22N2OS/c1-13(2)21-17(23-11-16(24-4)8-9-19(23)22-21)10-15-12-25-18-7-5-6-14(3)20(15)18/h5-9,11-13H,10H2,1-4H3. The third-order valence-electron chi connectivity index (χ3n) is 4.75. The third kappa shape index (κ3) is 2.71. The quantitative estimate of drug-likeness (QED) is 0.480. The number of rotatable bonds is 4. The second kappa shape index (κ2) is 6.19. The lowest BCUT2D eigenvalue weighted by molar-refractivity contribution is 0.412. The molecule has 0 saturated carbocycles. The molecule has 25 heavy (non-hydrogen) atoms. The van der Waals surface area contributed by atoms with Crippen LogP contribution in [0.4, 0.5) is 0 Å². The zero-order valence-corrected chi connectivity index (χ0v) is 15.9. The first kappa shape index (κ1) is 16.2. The molecule has 0 aliphatic rings. The van der Waals surface area contributed by atoms with Gasteiger partial charge in [-0.05, 0) is 52.9 Å². The Morgan fingerprint density at radius 2 is 2.04 bits per heavy atom. The lowest BCUT2D eigenvalue weighted by atomic mass is 10.0. The van der Waals surface area contributed by atoms with E-state index in [1.54, 1.807) is 7.11 Å². The molecule has 3 nitrogen and oxygen atoms in total. The van der Waals surface area contributed by atoms with Gasteiger partial charge in [-0.2, -0.15) is 0 Å². The number of pyridine rings is 1. The van der Waals surface area contributed by atoms with Crippen LogP contribution >= 0.6 is 11.3 Å². The highest BCUT2D eigenvalue weighted by molar-refractivity contribution is 7.17. The van der Waals surface area contributed by atoms with E-state index < -0.39 is 0 Å². The Kier molecular flexibility index (Phi) is 4.00. The Morgan fingerprint density at radius 1 is 1.20 bits per heavy atom. The highest BCUT2D eigenvalue weighted by Crippen LogP contribution is 2.32. The van der Waals surface area contributed by atoms with Crippen LogP contribution < -0.4 is 4.74 Å². The molecule has 1 aromatic carbocycles. The van der Waals surface area contributed by atoms with Crippen molar-refractivity contribution in [1.82, 2.24) is 9.38 Å². The molecule has 0 N–H and O–H groups in total. The monoisotopic (exact) mass is 350 g/mol. The second-order valence-corrected chi connectivity index (χ2v) is 7.69. The topological polar surface area (TPSA) is 26.5 Å². The van der Waals surface area contributed by atoms with Crippen molar-refractivity contribution in [3.05, 3.63) is 64.4 Å². The van der Waals surface area contributed by atoms with Crippen LogP contribution in [0.25, 0.3) is 15.7 Å². The molecule has 3 aromatic heterocycles. The van der Waals surface area contributed by atoms with Crippen molar-refractivity contribution in [2.45, 2.75) is 33.1 Å². The van der Waals surface area contributed by atoms with Gasteiger partial charge in [0.05, 0.1) is 24.7 Å². The van der Waals surface area contributed by atoms with Crippen molar-refractivity contribution in [3.8, 4) is 5.75 Å². The van der Waals surface area contributed by atoms with E-state index in [1.807, 2.05) is 29.7 Å². The van der Waals surface area contributed by atoms with Gasteiger partial charge in [-0.1, -0.05) is 26.0 Å². The number of thiophene rings is 1. The van der Waals surface area contributed by atoms with Gasteiger partial charge >= 0.3 is 0 Å². The SMILES string of the molecule is COc1ccc2nc(C(C)C)c(Cc3csc4cccc(C)c34)n2c1. The van der Waals surface area contributed by atoms with Gasteiger partial charge in [0.1, 0.15) is 11.4 Å². The van der Waals surface area contributed by atoms with Crippen molar-refractivity contribution in [2.75, 3.05) is 7.11 Å². The van der Waals surface area contributed by atoms with Crippen LogP contribution in [0.2, 0.25) is 0 Å². The molecule has 0 unspecified atom stereocenters. The van der Waals surface area contributed by atoms with Gasteiger partial charge in [0, 0.05) is 11.1 Å². The predicted molar refractivity (Wildman–Crippen MR) is 105 cm³/mol. The molecule has 0 fully saturated rings. The molecule has 0 radical (unpaired) electrons. The average Bonchev–Trinajstić information content (AvgIpc) is 3.18. The summed E-state index contributed by atoms with van der Waals surface area (Å²) in [6, 6.07) is 10.5. The number of hydrogen-bond donors (Lipinski definition) is 0. The minimum Gasteiger partial charge on any atom is -0.495 e. The van der Waals surface area contributed by atoms with Crippen LogP contribution in [0.15, 0.2) is 41.9 Å². The average molecular weight is 350 g/mol. The maximum atomic E-state index is 5.43. The molecule has 0 aliphatic carbocycles. The maximum absolute atomic E-state index is 5.43. The molecule has 4 rings (SSSR count). The zero-order valence-electron chi connectivity index (χ0n) is 15.0. The fraction of sp³-hybridized carbons (Fsp3) is 0.286. The summed E-state index contributed by atoms with van der Waals surface area (Å²) in [7, 11) is 1.71. The molecule has 0 spiro atoms. The van der Waals surface area contributed by atoms with Gasteiger partial charge in [0.15, 0.2) is 0 Å². The van der Waals surface area contributed by atoms with Gasteiger partial charge in [-0.25, -0.2) is 4.98 Å². The first-order valence-electron chi connectivity index (χ1n) is 8.59. The fourth-order valence-electron chi connectivity index (χ4n) is 3.51. The summed E-state index contributed by atoms with van der Waals surface area (Å²) in [4.78, 5) is 4.88. The molecule has 4 heteroatoms. The first-order valence-corrected chi connectivity index (χ1v) is 9.47. The predicted octanol–water partition coefficient (Wildman–Crippen LogP) is 5.58. The van der Waals surface area contributed by atoms with Gasteiger partial charge in [-0.15, -0.1) is 11.3 Å². The van der Waals surface area contributed by atoms with Crippen molar-refractivity contribution < 1.29 is 4.74 Å². The maximum Gasteiger partial charge on any atom is 0.137 e. The summed E-state index contributed by atoms with van der Waals surface area (Å²) >= 11 is 1.82. The normalized spacial score (nSPS) is 11.7. The van der Waals surface area contributed by atoms with Gasteiger partial charge in [0.2, 0.25) is 0 Å². The smallest absolute Gasteiger partial charge is 0.137 e. The highest BCUT2D eigenvalue weighted by Gasteiger charge is 2.18. The van der Waals surface area contributed by atoms with Crippen LogP contribution in [-0.2, 0) is 6.42 Å². The Hall–Kier alpha value is -2.33. The van der Waals surface area contributed by atoms with Crippen molar-refractivity contribution in [1.29, 1.82) is 0 Å². The Bertz CT molecular complexity index is 1060. The largest absolute Gasteiger partial charge is 0.495 e. The lowest BCUT2D eigenvalue weighted by Crippen LogP contribution is -2.00. The summed E-state index contributed by atoms with van der Waals surface area (Å²) < 4.78 is 8.97.